The van der Waals surface area contributed by atoms with E-state index >= 15 is 0 Å². The van der Waals surface area contributed by atoms with Gasteiger partial charge < -0.3 is 14.8 Å². The van der Waals surface area contributed by atoms with E-state index in [1.54, 1.807) is 13.3 Å². The monoisotopic (exact) mass is 280 g/mol. The van der Waals surface area contributed by atoms with Crippen molar-refractivity contribution in [3.8, 4) is 11.6 Å². The van der Waals surface area contributed by atoms with Crippen molar-refractivity contribution in [2.45, 2.75) is 6.92 Å². The maximum absolute atomic E-state index is 10.0. The minimum Gasteiger partial charge on any atom is -0.497 e. The summed E-state index contributed by atoms with van der Waals surface area (Å²) in [5, 5.41) is 11.0. The van der Waals surface area contributed by atoms with Gasteiger partial charge in [-0.2, -0.15) is 0 Å². The van der Waals surface area contributed by atoms with Crippen molar-refractivity contribution in [1.29, 1.82) is 0 Å². The number of aromatic nitrogens is 1. The topological polar surface area (TPSA) is 57.6 Å². The van der Waals surface area contributed by atoms with Crippen molar-refractivity contribution in [1.82, 2.24) is 4.98 Å². The second kappa shape index (κ2) is 5.32. The quantitative estimate of drug-likeness (QED) is 0.714. The first kappa shape index (κ1) is 13.2. The normalized spacial score (nSPS) is 11.3. The minimum absolute atomic E-state index is 0.132. The van der Waals surface area contributed by atoms with Crippen molar-refractivity contribution in [3.63, 3.8) is 0 Å². The number of fused-ring (bicyclic) bond motifs is 1. The SMILES string of the molecule is COc1ccc(N=Cc2c(O)[nH]c3ccc(C)cc23)cc1. The number of aryl methyl sites for hydroxylation is 1. The van der Waals surface area contributed by atoms with Gasteiger partial charge in [-0.05, 0) is 43.3 Å². The van der Waals surface area contributed by atoms with Gasteiger partial charge >= 0.3 is 0 Å². The second-order valence-corrected chi connectivity index (χ2v) is 4.89. The van der Waals surface area contributed by atoms with Crippen LogP contribution in [-0.2, 0) is 0 Å². The van der Waals surface area contributed by atoms with Crippen LogP contribution in [0.15, 0.2) is 47.5 Å². The van der Waals surface area contributed by atoms with E-state index in [0.29, 0.717) is 5.56 Å². The molecule has 3 rings (SSSR count). The summed E-state index contributed by atoms with van der Waals surface area (Å²) < 4.78 is 5.11. The molecule has 0 spiro atoms. The first-order chi connectivity index (χ1) is 10.2. The highest BCUT2D eigenvalue weighted by Gasteiger charge is 2.08. The Morgan fingerprint density at radius 3 is 2.62 bits per heavy atom. The molecular weight excluding hydrogens is 264 g/mol. The predicted octanol–water partition coefficient (Wildman–Crippen LogP) is 3.94. The van der Waals surface area contributed by atoms with Gasteiger partial charge in [0.1, 0.15) is 5.75 Å². The molecule has 0 saturated carbocycles. The first-order valence-electron chi connectivity index (χ1n) is 6.67. The summed E-state index contributed by atoms with van der Waals surface area (Å²) in [6, 6.07) is 13.4. The highest BCUT2D eigenvalue weighted by Crippen LogP contribution is 2.27. The van der Waals surface area contributed by atoms with Crippen LogP contribution in [0.2, 0.25) is 0 Å². The molecule has 0 aliphatic carbocycles. The summed E-state index contributed by atoms with van der Waals surface area (Å²) in [7, 11) is 1.63. The van der Waals surface area contributed by atoms with Gasteiger partial charge in [-0.25, -0.2) is 0 Å². The summed E-state index contributed by atoms with van der Waals surface area (Å²) >= 11 is 0. The zero-order valence-electron chi connectivity index (χ0n) is 11.9. The molecule has 1 heterocycles. The van der Waals surface area contributed by atoms with Crippen LogP contribution in [-0.4, -0.2) is 23.4 Å². The number of nitrogens with one attached hydrogen (secondary N) is 1. The van der Waals surface area contributed by atoms with E-state index in [1.165, 1.54) is 0 Å². The largest absolute Gasteiger partial charge is 0.497 e. The zero-order valence-corrected chi connectivity index (χ0v) is 11.9. The van der Waals surface area contributed by atoms with Gasteiger partial charge in [-0.3, -0.25) is 4.99 Å². The number of H-pyrrole nitrogens is 1. The van der Waals surface area contributed by atoms with Crippen molar-refractivity contribution in [3.05, 3.63) is 53.6 Å². The molecule has 0 bridgehead atoms. The fourth-order valence-electron chi connectivity index (χ4n) is 2.25. The van der Waals surface area contributed by atoms with Gasteiger partial charge in [0.05, 0.1) is 18.4 Å². The molecule has 3 aromatic rings. The lowest BCUT2D eigenvalue weighted by molar-refractivity contribution is 0.415. The van der Waals surface area contributed by atoms with E-state index in [9.17, 15) is 5.11 Å². The Bertz CT molecular complexity index is 802. The number of aromatic hydroxyl groups is 1. The molecule has 21 heavy (non-hydrogen) atoms. The van der Waals surface area contributed by atoms with Crippen LogP contribution in [0.1, 0.15) is 11.1 Å². The minimum atomic E-state index is 0.132. The molecule has 0 unspecified atom stereocenters. The van der Waals surface area contributed by atoms with Crippen molar-refractivity contribution < 1.29 is 9.84 Å². The first-order valence-corrected chi connectivity index (χ1v) is 6.67. The van der Waals surface area contributed by atoms with Gasteiger partial charge in [-0.1, -0.05) is 11.6 Å². The van der Waals surface area contributed by atoms with Crippen LogP contribution in [0, 0.1) is 6.92 Å². The van der Waals surface area contributed by atoms with Crippen LogP contribution >= 0.6 is 0 Å². The van der Waals surface area contributed by atoms with E-state index in [-0.39, 0.29) is 5.88 Å². The summed E-state index contributed by atoms with van der Waals surface area (Å²) in [5.41, 5.74) is 3.54. The molecule has 0 fully saturated rings. The Labute approximate surface area is 122 Å². The molecule has 106 valence electrons. The van der Waals surface area contributed by atoms with E-state index in [0.717, 1.165) is 27.9 Å². The third kappa shape index (κ3) is 2.60. The van der Waals surface area contributed by atoms with Crippen molar-refractivity contribution in [2.24, 2.45) is 4.99 Å². The number of aromatic amines is 1. The summed E-state index contributed by atoms with van der Waals surface area (Å²) in [6.07, 6.45) is 1.68. The standard InChI is InChI=1S/C17H16N2O2/c1-11-3-8-16-14(9-11)15(17(20)19-16)10-18-12-4-6-13(21-2)7-5-12/h3-10,19-20H,1-2H3. The van der Waals surface area contributed by atoms with Crippen LogP contribution < -0.4 is 4.74 Å². The van der Waals surface area contributed by atoms with Gasteiger partial charge in [0, 0.05) is 17.1 Å². The molecule has 0 aliphatic heterocycles. The fourth-order valence-corrected chi connectivity index (χ4v) is 2.25. The number of methoxy groups -OCH3 is 1. The van der Waals surface area contributed by atoms with Gasteiger partial charge in [0.25, 0.3) is 0 Å². The third-order valence-corrected chi connectivity index (χ3v) is 3.39. The number of benzene rings is 2. The molecule has 4 nitrogen and oxygen atoms in total. The second-order valence-electron chi connectivity index (χ2n) is 4.89. The van der Waals surface area contributed by atoms with E-state index in [4.69, 9.17) is 4.74 Å². The molecule has 4 heteroatoms. The molecule has 0 saturated heterocycles. The maximum Gasteiger partial charge on any atom is 0.198 e. The van der Waals surface area contributed by atoms with Gasteiger partial charge in [0.2, 0.25) is 0 Å². The molecule has 0 atom stereocenters. The Kier molecular flexibility index (Phi) is 3.36. The highest BCUT2D eigenvalue weighted by atomic mass is 16.5. The molecule has 0 radical (unpaired) electrons. The molecule has 2 N–H and O–H groups in total. The average Bonchev–Trinajstić information content (AvgIpc) is 2.80. The smallest absolute Gasteiger partial charge is 0.198 e. The summed E-state index contributed by atoms with van der Waals surface area (Å²) in [4.78, 5) is 7.36. The third-order valence-electron chi connectivity index (χ3n) is 3.39. The zero-order chi connectivity index (χ0) is 14.8. The van der Waals surface area contributed by atoms with E-state index in [1.807, 2.05) is 49.4 Å². The highest BCUT2D eigenvalue weighted by molar-refractivity contribution is 6.02. The number of rotatable bonds is 3. The number of aliphatic imine (C=N–C) groups is 1. The molecule has 0 amide bonds. The predicted molar refractivity (Wildman–Crippen MR) is 84.9 cm³/mol. The Morgan fingerprint density at radius 2 is 1.90 bits per heavy atom. The molecular formula is C17H16N2O2. The lowest BCUT2D eigenvalue weighted by Gasteiger charge is -1.99. The fraction of sp³-hybridized carbons (Fsp3) is 0.118. The molecule has 0 aliphatic rings. The number of ether oxygens (including phenoxy) is 1. The maximum atomic E-state index is 10.0. The lowest BCUT2D eigenvalue weighted by Crippen LogP contribution is -1.81. The average molecular weight is 280 g/mol. The Hall–Kier alpha value is -2.75. The molecule has 1 aromatic heterocycles. The van der Waals surface area contributed by atoms with Crippen molar-refractivity contribution >= 4 is 22.8 Å². The van der Waals surface area contributed by atoms with E-state index in [2.05, 4.69) is 9.98 Å². The summed E-state index contributed by atoms with van der Waals surface area (Å²) in [5.74, 6) is 0.923. The Morgan fingerprint density at radius 1 is 1.14 bits per heavy atom. The lowest BCUT2D eigenvalue weighted by atomic mass is 10.1. The van der Waals surface area contributed by atoms with Crippen LogP contribution in [0.5, 0.6) is 11.6 Å². The van der Waals surface area contributed by atoms with Gasteiger partial charge in [-0.15, -0.1) is 0 Å². The Balaban J connectivity index is 1.98. The molecule has 2 aromatic carbocycles. The van der Waals surface area contributed by atoms with E-state index < -0.39 is 0 Å². The summed E-state index contributed by atoms with van der Waals surface area (Å²) in [6.45, 7) is 2.02. The van der Waals surface area contributed by atoms with Crippen LogP contribution in [0.4, 0.5) is 5.69 Å². The number of hydrogen-bond donors (Lipinski definition) is 2. The number of hydrogen-bond acceptors (Lipinski definition) is 3. The van der Waals surface area contributed by atoms with Crippen molar-refractivity contribution in [2.75, 3.05) is 7.11 Å². The number of nitrogens with zero attached hydrogens (tertiary/aromatic N) is 1. The van der Waals surface area contributed by atoms with Crippen LogP contribution in [0.3, 0.4) is 0 Å². The van der Waals surface area contributed by atoms with Gasteiger partial charge in [0.15, 0.2) is 5.88 Å². The van der Waals surface area contributed by atoms with Crippen LogP contribution in [0.25, 0.3) is 10.9 Å².